The maximum Gasteiger partial charge on any atom is 0.271 e. The van der Waals surface area contributed by atoms with Gasteiger partial charge in [0.15, 0.2) is 0 Å². The van der Waals surface area contributed by atoms with E-state index >= 15 is 0 Å². The van der Waals surface area contributed by atoms with E-state index in [4.69, 9.17) is 5.73 Å². The first-order valence-electron chi connectivity index (χ1n) is 5.99. The van der Waals surface area contributed by atoms with Crippen LogP contribution in [0, 0.1) is 10.1 Å². The molecule has 0 bridgehead atoms. The molecule has 1 fully saturated rings. The smallest absolute Gasteiger partial charge is 0.271 e. The summed E-state index contributed by atoms with van der Waals surface area (Å²) in [5, 5.41) is 13.6. The van der Waals surface area contributed by atoms with Crippen molar-refractivity contribution < 1.29 is 9.72 Å². The van der Waals surface area contributed by atoms with Gasteiger partial charge in [-0.05, 0) is 25.3 Å². The van der Waals surface area contributed by atoms with Crippen LogP contribution in [0.3, 0.4) is 0 Å². The maximum absolute atomic E-state index is 12.1. The van der Waals surface area contributed by atoms with Gasteiger partial charge >= 0.3 is 0 Å². The second-order valence-electron chi connectivity index (χ2n) is 4.63. The normalized spacial score (nSPS) is 22.2. The predicted octanol–water partition coefficient (Wildman–Crippen LogP) is 1.97. The molecular weight excluding hydrogens is 314 g/mol. The van der Waals surface area contributed by atoms with Gasteiger partial charge < -0.3 is 11.1 Å². The van der Waals surface area contributed by atoms with Crippen molar-refractivity contribution in [2.45, 2.75) is 31.3 Å². The number of nitro groups is 1. The van der Waals surface area contributed by atoms with E-state index in [9.17, 15) is 14.9 Å². The number of non-ortho nitro benzene ring substituents is 1. The lowest BCUT2D eigenvalue weighted by Gasteiger charge is -2.17. The fraction of sp³-hybridized carbons (Fsp3) is 0.417. The molecule has 0 radical (unpaired) electrons. The van der Waals surface area contributed by atoms with Gasteiger partial charge in [-0.1, -0.05) is 15.9 Å². The Bertz CT molecular complexity index is 521. The number of halogens is 1. The molecule has 1 aliphatic rings. The van der Waals surface area contributed by atoms with Crippen LogP contribution in [-0.4, -0.2) is 22.9 Å². The average Bonchev–Trinajstić information content (AvgIpc) is 2.74. The number of amides is 1. The average molecular weight is 328 g/mol. The number of nitrogens with one attached hydrogen (secondary N) is 1. The second kappa shape index (κ2) is 5.66. The summed E-state index contributed by atoms with van der Waals surface area (Å²) in [5.74, 6) is -0.327. The van der Waals surface area contributed by atoms with Crippen molar-refractivity contribution in [3.8, 4) is 0 Å². The zero-order chi connectivity index (χ0) is 14.0. The van der Waals surface area contributed by atoms with Crippen LogP contribution in [-0.2, 0) is 0 Å². The molecule has 1 amide bonds. The standard InChI is InChI=1S/C12H14BrN3O3/c13-8-4-7(5-9(6-8)16(18)19)12(17)15-11-3-1-2-10(11)14/h4-6,10-11H,1-3,14H2,(H,15,17). The second-order valence-corrected chi connectivity index (χ2v) is 5.55. The van der Waals surface area contributed by atoms with E-state index in [0.717, 1.165) is 19.3 Å². The summed E-state index contributed by atoms with van der Waals surface area (Å²) in [4.78, 5) is 22.3. The minimum Gasteiger partial charge on any atom is -0.348 e. The Morgan fingerprint density at radius 1 is 1.42 bits per heavy atom. The van der Waals surface area contributed by atoms with E-state index in [1.165, 1.54) is 12.1 Å². The summed E-state index contributed by atoms with van der Waals surface area (Å²) in [6.45, 7) is 0. The van der Waals surface area contributed by atoms with Crippen molar-refractivity contribution in [2.24, 2.45) is 5.73 Å². The quantitative estimate of drug-likeness (QED) is 0.654. The highest BCUT2D eigenvalue weighted by molar-refractivity contribution is 9.10. The van der Waals surface area contributed by atoms with Gasteiger partial charge in [0.05, 0.1) is 4.92 Å². The Hall–Kier alpha value is -1.47. The molecule has 0 aromatic heterocycles. The molecule has 1 aromatic rings. The van der Waals surface area contributed by atoms with Crippen LogP contribution in [0.15, 0.2) is 22.7 Å². The molecule has 7 heteroatoms. The first-order chi connectivity index (χ1) is 8.97. The number of nitrogens with zero attached hydrogens (tertiary/aromatic N) is 1. The first kappa shape index (κ1) is 14.0. The molecule has 19 heavy (non-hydrogen) atoms. The lowest BCUT2D eigenvalue weighted by atomic mass is 10.1. The molecular formula is C12H14BrN3O3. The molecule has 3 N–H and O–H groups in total. The Balaban J connectivity index is 2.16. The maximum atomic E-state index is 12.1. The van der Waals surface area contributed by atoms with Gasteiger partial charge in [0.1, 0.15) is 0 Å². The van der Waals surface area contributed by atoms with E-state index < -0.39 is 4.92 Å². The van der Waals surface area contributed by atoms with Crippen molar-refractivity contribution in [1.82, 2.24) is 5.32 Å². The predicted molar refractivity (Wildman–Crippen MR) is 73.9 cm³/mol. The van der Waals surface area contributed by atoms with Crippen LogP contribution in [0.25, 0.3) is 0 Å². The van der Waals surface area contributed by atoms with Crippen molar-refractivity contribution in [1.29, 1.82) is 0 Å². The van der Waals surface area contributed by atoms with Crippen LogP contribution < -0.4 is 11.1 Å². The SMILES string of the molecule is NC1CCCC1NC(=O)c1cc(Br)cc([N+](=O)[O-])c1. The summed E-state index contributed by atoms with van der Waals surface area (Å²) in [6, 6.07) is 4.10. The lowest BCUT2D eigenvalue weighted by Crippen LogP contribution is -2.43. The van der Waals surface area contributed by atoms with Crippen molar-refractivity contribution in [3.05, 3.63) is 38.3 Å². The molecule has 0 heterocycles. The van der Waals surface area contributed by atoms with Gasteiger partial charge in [-0.3, -0.25) is 14.9 Å². The Morgan fingerprint density at radius 2 is 2.16 bits per heavy atom. The molecule has 1 aromatic carbocycles. The number of hydrogen-bond acceptors (Lipinski definition) is 4. The van der Waals surface area contributed by atoms with E-state index in [1.807, 2.05) is 0 Å². The molecule has 1 saturated carbocycles. The van der Waals surface area contributed by atoms with E-state index in [0.29, 0.717) is 4.47 Å². The third kappa shape index (κ3) is 3.30. The molecule has 0 spiro atoms. The summed E-state index contributed by atoms with van der Waals surface area (Å²) in [7, 11) is 0. The van der Waals surface area contributed by atoms with Crippen molar-refractivity contribution in [2.75, 3.05) is 0 Å². The molecule has 2 rings (SSSR count). The van der Waals surface area contributed by atoms with Crippen LogP contribution in [0.1, 0.15) is 29.6 Å². The number of nitro benzene ring substituents is 1. The minimum absolute atomic E-state index is 0.0360. The minimum atomic E-state index is -0.525. The van der Waals surface area contributed by atoms with E-state index in [1.54, 1.807) is 6.07 Å². The highest BCUT2D eigenvalue weighted by Gasteiger charge is 2.26. The van der Waals surface area contributed by atoms with Crippen molar-refractivity contribution in [3.63, 3.8) is 0 Å². The summed E-state index contributed by atoms with van der Waals surface area (Å²) in [6.07, 6.45) is 2.73. The molecule has 1 aliphatic carbocycles. The van der Waals surface area contributed by atoms with Gasteiger partial charge in [-0.2, -0.15) is 0 Å². The fourth-order valence-corrected chi connectivity index (χ4v) is 2.71. The van der Waals surface area contributed by atoms with Gasteiger partial charge in [0.2, 0.25) is 0 Å². The summed E-state index contributed by atoms with van der Waals surface area (Å²) in [5.41, 5.74) is 6.03. The molecule has 2 atom stereocenters. The van der Waals surface area contributed by atoms with Gasteiger partial charge in [-0.15, -0.1) is 0 Å². The molecule has 0 aliphatic heterocycles. The zero-order valence-electron chi connectivity index (χ0n) is 10.1. The van der Waals surface area contributed by atoms with E-state index in [2.05, 4.69) is 21.2 Å². The van der Waals surface area contributed by atoms with Crippen LogP contribution in [0.4, 0.5) is 5.69 Å². The summed E-state index contributed by atoms with van der Waals surface area (Å²) >= 11 is 3.17. The monoisotopic (exact) mass is 327 g/mol. The highest BCUT2D eigenvalue weighted by atomic mass is 79.9. The third-order valence-corrected chi connectivity index (χ3v) is 3.70. The number of nitrogens with two attached hydrogens (primary N) is 1. The van der Waals surface area contributed by atoms with Gasteiger partial charge in [0, 0.05) is 34.3 Å². The number of carbonyl (C=O) groups is 1. The van der Waals surface area contributed by atoms with Crippen LogP contribution in [0.5, 0.6) is 0 Å². The highest BCUT2D eigenvalue weighted by Crippen LogP contribution is 2.22. The first-order valence-corrected chi connectivity index (χ1v) is 6.78. The number of rotatable bonds is 3. The Kier molecular flexibility index (Phi) is 4.16. The molecule has 0 saturated heterocycles. The fourth-order valence-electron chi connectivity index (χ4n) is 2.23. The zero-order valence-corrected chi connectivity index (χ0v) is 11.7. The van der Waals surface area contributed by atoms with Crippen LogP contribution >= 0.6 is 15.9 Å². The molecule has 6 nitrogen and oxygen atoms in total. The lowest BCUT2D eigenvalue weighted by molar-refractivity contribution is -0.385. The van der Waals surface area contributed by atoms with Gasteiger partial charge in [-0.25, -0.2) is 0 Å². The molecule has 2 unspecified atom stereocenters. The Morgan fingerprint density at radius 3 is 2.74 bits per heavy atom. The van der Waals surface area contributed by atoms with Crippen molar-refractivity contribution >= 4 is 27.5 Å². The van der Waals surface area contributed by atoms with Gasteiger partial charge in [0.25, 0.3) is 11.6 Å². The largest absolute Gasteiger partial charge is 0.348 e. The Labute approximate surface area is 118 Å². The molecule has 102 valence electrons. The van der Waals surface area contributed by atoms with E-state index in [-0.39, 0.29) is 29.2 Å². The number of benzene rings is 1. The van der Waals surface area contributed by atoms with Crippen LogP contribution in [0.2, 0.25) is 0 Å². The number of hydrogen-bond donors (Lipinski definition) is 2. The third-order valence-electron chi connectivity index (χ3n) is 3.24. The summed E-state index contributed by atoms with van der Waals surface area (Å²) < 4.78 is 0.502. The number of carbonyl (C=O) groups excluding carboxylic acids is 1. The topological polar surface area (TPSA) is 98.3 Å².